The molecule has 0 amide bonds. The largest absolute Gasteiger partial charge is 0.464 e. The van der Waals surface area contributed by atoms with E-state index in [4.69, 9.17) is 9.31 Å². The van der Waals surface area contributed by atoms with Crippen LogP contribution >= 0.6 is 11.1 Å². The lowest BCUT2D eigenvalue weighted by atomic mass is 9.90. The van der Waals surface area contributed by atoms with E-state index in [0.717, 1.165) is 0 Å². The number of rotatable bonds is 15. The van der Waals surface area contributed by atoms with Gasteiger partial charge in [-0.25, -0.2) is 0 Å². The highest BCUT2D eigenvalue weighted by Gasteiger charge is 2.72. The Morgan fingerprint density at radius 3 is 0.831 bits per heavy atom. The summed E-state index contributed by atoms with van der Waals surface area (Å²) in [7, 11) is -22.6. The van der Waals surface area contributed by atoms with E-state index < -0.39 is 97.8 Å². The van der Waals surface area contributed by atoms with Crippen molar-refractivity contribution in [1.82, 2.24) is 0 Å². The number of benzene rings is 2. The van der Waals surface area contributed by atoms with Crippen molar-refractivity contribution in [3.05, 3.63) is 57.6 Å². The first-order valence-electron chi connectivity index (χ1n) is 25.4. The predicted octanol–water partition coefficient (Wildman–Crippen LogP) is 15.7. The van der Waals surface area contributed by atoms with E-state index in [9.17, 15) is 11.1 Å². The SMILES string of the molecule is Cc1cc(C)c([Si](Cl)(B2OC(C)(C)C(C)(C)O2)c2c(C([Si](C)(C)C)([Si](C)(C)C)[Si](C)(C)C)cc(C([Si](C)(C)C)([Si](C)(C)C)[Si](C)(C)C)cc2C([Si](C)(C)C)([Si](C)(C)C)[Si](C)(C)C)c(C)c1. The fourth-order valence-corrected chi connectivity index (χ4v) is 116. The van der Waals surface area contributed by atoms with Crippen molar-refractivity contribution in [3.63, 3.8) is 0 Å². The van der Waals surface area contributed by atoms with Gasteiger partial charge in [0.25, 0.3) is 7.25 Å². The molecular weight excluding hydrogens is 972 g/mol. The van der Waals surface area contributed by atoms with Crippen molar-refractivity contribution in [3.8, 4) is 0 Å². The van der Waals surface area contributed by atoms with E-state index >= 15 is 0 Å². The van der Waals surface area contributed by atoms with Crippen LogP contribution in [0.15, 0.2) is 24.3 Å². The quantitative estimate of drug-likeness (QED) is 0.131. The zero-order valence-corrected chi connectivity index (χ0v) is 60.3. The van der Waals surface area contributed by atoms with E-state index in [-0.39, 0.29) is 12.9 Å². The van der Waals surface area contributed by atoms with E-state index in [1.165, 1.54) is 21.9 Å². The Morgan fingerprint density at radius 1 is 0.385 bits per heavy atom. The monoisotopic (exact) mass is 1080 g/mol. The zero-order chi connectivity index (χ0) is 51.9. The number of hydrogen-bond donors (Lipinski definition) is 0. The van der Waals surface area contributed by atoms with Gasteiger partial charge >= 0.3 is 6.71 Å². The van der Waals surface area contributed by atoms with Gasteiger partial charge < -0.3 is 9.31 Å². The Hall–Kier alpha value is 0.884. The first-order valence-corrected chi connectivity index (χ1v) is 60.0. The maximum absolute atomic E-state index is 9.68. The molecule has 372 valence electrons. The van der Waals surface area contributed by atoms with Crippen LogP contribution in [0.5, 0.6) is 0 Å². The molecule has 1 heterocycles. The Balaban J connectivity index is 3.46. The molecule has 0 saturated carbocycles. The van der Waals surface area contributed by atoms with E-state index in [1.807, 2.05) is 0 Å². The van der Waals surface area contributed by atoms with Crippen molar-refractivity contribution in [2.75, 3.05) is 0 Å². The van der Waals surface area contributed by atoms with Crippen LogP contribution in [0.3, 0.4) is 0 Å². The second kappa shape index (κ2) is 17.3. The third kappa shape index (κ3) is 9.00. The summed E-state index contributed by atoms with van der Waals surface area (Å²) >= 11 is 9.68. The number of hydrogen-bond acceptors (Lipinski definition) is 2. The lowest BCUT2D eigenvalue weighted by Crippen LogP contribution is -2.82. The fourth-order valence-electron chi connectivity index (χ4n) is 18.8. The Labute approximate surface area is 421 Å². The molecule has 0 radical (unpaired) electrons. The molecule has 0 spiro atoms. The van der Waals surface area contributed by atoms with Gasteiger partial charge in [0.2, 0.25) is 0 Å². The topological polar surface area (TPSA) is 18.5 Å². The average Bonchev–Trinajstić information content (AvgIpc) is 3.16. The number of halogens is 1. The van der Waals surface area contributed by atoms with Crippen LogP contribution in [0, 0.1) is 20.8 Å². The molecule has 1 atom stereocenters. The zero-order valence-electron chi connectivity index (χ0n) is 49.6. The summed E-state index contributed by atoms with van der Waals surface area (Å²) in [4.78, 5) is 0. The first kappa shape index (κ1) is 60.2. The summed E-state index contributed by atoms with van der Waals surface area (Å²) in [6, 6.07) is 10.9. The van der Waals surface area contributed by atoms with Crippen LogP contribution in [0.2, 0.25) is 177 Å². The van der Waals surface area contributed by atoms with E-state index in [1.54, 1.807) is 21.9 Å². The standard InChI is InChI=1S/C51H106BClO2Si10/c1-39-35-40(2)45(41(3)36-39)65(53,52-54-47(4,5)48(6,7)55-52)46-43(50(59(17,18)19,60(20,21)22)61(23,24)25)37-42(49(56(8,9)10,57(11,12)13)58(14,15)16)38-44(46)51(62(26,27)28,63(29,30)31)64(32,33)34/h35-38H,1-34H3. The third-order valence-electron chi connectivity index (χ3n) is 17.5. The van der Waals surface area contributed by atoms with Crippen molar-refractivity contribution < 1.29 is 9.31 Å². The van der Waals surface area contributed by atoms with Crippen molar-refractivity contribution in [2.24, 2.45) is 0 Å². The maximum Gasteiger partial charge on any atom is 0.464 e. The summed E-state index contributed by atoms with van der Waals surface area (Å²) in [6.07, 6.45) is 0. The molecule has 0 aromatic heterocycles. The van der Waals surface area contributed by atoms with Gasteiger partial charge in [-0.05, 0) is 88.4 Å². The lowest BCUT2D eigenvalue weighted by Gasteiger charge is -2.65. The molecule has 1 unspecified atom stereocenters. The minimum absolute atomic E-state index is 0.0461. The van der Waals surface area contributed by atoms with E-state index in [2.05, 4.69) is 250 Å². The van der Waals surface area contributed by atoms with Crippen LogP contribution in [0.25, 0.3) is 0 Å². The lowest BCUT2D eigenvalue weighted by molar-refractivity contribution is 0.00578. The van der Waals surface area contributed by atoms with Crippen molar-refractivity contribution in [2.45, 2.75) is 249 Å². The molecule has 2 aromatic rings. The van der Waals surface area contributed by atoms with E-state index in [0.29, 0.717) is 0 Å². The van der Waals surface area contributed by atoms with Crippen molar-refractivity contribution >= 4 is 108 Å². The molecule has 2 aromatic carbocycles. The molecule has 3 rings (SSSR count). The summed E-state index contributed by atoms with van der Waals surface area (Å²) in [5.41, 5.74) is 7.98. The molecule has 1 fully saturated rings. The smallest absolute Gasteiger partial charge is 0.405 e. The van der Waals surface area contributed by atoms with Gasteiger partial charge in [-0.2, -0.15) is 11.1 Å². The molecule has 1 aliphatic heterocycles. The minimum atomic E-state index is -3.66. The van der Waals surface area contributed by atoms with Gasteiger partial charge in [-0.3, -0.25) is 0 Å². The average molecular weight is 1080 g/mol. The van der Waals surface area contributed by atoms with Crippen LogP contribution in [-0.2, 0) is 22.2 Å². The molecule has 1 saturated heterocycles. The van der Waals surface area contributed by atoms with Crippen LogP contribution < -0.4 is 10.4 Å². The molecule has 0 N–H and O–H groups in total. The second-order valence-corrected chi connectivity index (χ2v) is 88.0. The van der Waals surface area contributed by atoms with Gasteiger partial charge in [0.1, 0.15) is 0 Å². The van der Waals surface area contributed by atoms with Crippen LogP contribution in [-0.4, -0.2) is 97.8 Å². The minimum Gasteiger partial charge on any atom is -0.405 e. The van der Waals surface area contributed by atoms with Crippen LogP contribution in [0.1, 0.15) is 61.1 Å². The first-order chi connectivity index (χ1) is 28.1. The fraction of sp³-hybridized carbons (Fsp3) is 0.765. The van der Waals surface area contributed by atoms with Crippen molar-refractivity contribution in [1.29, 1.82) is 0 Å². The molecular formula is C51H106BClO2Si10. The Morgan fingerprint density at radius 2 is 0.615 bits per heavy atom. The van der Waals surface area contributed by atoms with Gasteiger partial charge in [-0.1, -0.05) is 218 Å². The van der Waals surface area contributed by atoms with Gasteiger partial charge in [0.05, 0.1) is 11.2 Å². The third-order valence-corrected chi connectivity index (χ3v) is 86.1. The summed E-state index contributed by atoms with van der Waals surface area (Å²) in [6.45, 7) is 90.4. The molecule has 1 aliphatic rings. The second-order valence-electron chi connectivity index (χ2n) is 31.5. The van der Waals surface area contributed by atoms with Gasteiger partial charge in [0, 0.05) is 72.7 Å². The Kier molecular flexibility index (Phi) is 16.0. The molecule has 0 aliphatic carbocycles. The highest BCUT2D eigenvalue weighted by molar-refractivity contribution is 7.61. The number of aryl methyl sites for hydroxylation is 3. The van der Waals surface area contributed by atoms with Gasteiger partial charge in [0.15, 0.2) is 0 Å². The molecule has 14 heteroatoms. The van der Waals surface area contributed by atoms with Gasteiger partial charge in [-0.15, -0.1) is 0 Å². The Bertz CT molecular complexity index is 1890. The molecule has 2 nitrogen and oxygen atoms in total. The highest BCUT2D eigenvalue weighted by atomic mass is 35.6. The maximum atomic E-state index is 9.68. The summed E-state index contributed by atoms with van der Waals surface area (Å²) in [5.74, 6) is 0. The van der Waals surface area contributed by atoms with Crippen LogP contribution in [0.4, 0.5) is 0 Å². The summed E-state index contributed by atoms with van der Waals surface area (Å²) in [5, 5.41) is 2.91. The normalized spacial score (nSPS) is 18.9. The predicted molar refractivity (Wildman–Crippen MR) is 329 cm³/mol. The molecule has 0 bridgehead atoms. The molecule has 65 heavy (non-hydrogen) atoms. The highest BCUT2D eigenvalue weighted by Crippen LogP contribution is 2.58. The summed E-state index contributed by atoms with van der Waals surface area (Å²) < 4.78 is 15.6.